The third kappa shape index (κ3) is 2.89. The number of ether oxygens (including phenoxy) is 1. The highest BCUT2D eigenvalue weighted by molar-refractivity contribution is 6.42. The monoisotopic (exact) mass is 298 g/mol. The Morgan fingerprint density at radius 1 is 1.32 bits per heavy atom. The minimum absolute atomic E-state index is 0.340. The Kier molecular flexibility index (Phi) is 4.42. The molecule has 2 rings (SSSR count). The average Bonchev–Trinajstić information content (AvgIpc) is 2.43. The molecule has 7 heteroatoms. The van der Waals surface area contributed by atoms with Crippen molar-refractivity contribution in [3.63, 3.8) is 0 Å². The van der Waals surface area contributed by atoms with Gasteiger partial charge < -0.3 is 10.2 Å². The summed E-state index contributed by atoms with van der Waals surface area (Å²) in [6.45, 7) is 1.95. The minimum atomic E-state index is 0.340. The van der Waals surface area contributed by atoms with Gasteiger partial charge in [-0.2, -0.15) is 0 Å². The summed E-state index contributed by atoms with van der Waals surface area (Å²) in [6, 6.07) is 5.15. The van der Waals surface area contributed by atoms with Crippen LogP contribution in [-0.4, -0.2) is 9.97 Å². The van der Waals surface area contributed by atoms with Crippen LogP contribution >= 0.6 is 23.2 Å². The second-order valence-corrected chi connectivity index (χ2v) is 4.44. The van der Waals surface area contributed by atoms with Gasteiger partial charge in [-0.05, 0) is 18.6 Å². The summed E-state index contributed by atoms with van der Waals surface area (Å²) < 4.78 is 5.69. The normalized spacial score (nSPS) is 10.3. The zero-order chi connectivity index (χ0) is 13.8. The SMILES string of the molecule is CCc1c(NN)ncnc1Oc1cccc(Cl)c1Cl. The molecule has 1 heterocycles. The molecule has 3 N–H and O–H groups in total. The molecule has 0 saturated heterocycles. The van der Waals surface area contributed by atoms with E-state index in [2.05, 4.69) is 15.4 Å². The number of nitrogen functional groups attached to an aromatic ring is 1. The first-order chi connectivity index (χ1) is 9.17. The van der Waals surface area contributed by atoms with Crippen molar-refractivity contribution < 1.29 is 4.74 Å². The summed E-state index contributed by atoms with van der Waals surface area (Å²) in [5.74, 6) is 6.75. The van der Waals surface area contributed by atoms with E-state index in [0.29, 0.717) is 33.9 Å². The van der Waals surface area contributed by atoms with Crippen LogP contribution in [0, 0.1) is 0 Å². The van der Waals surface area contributed by atoms with Gasteiger partial charge in [-0.25, -0.2) is 15.8 Å². The topological polar surface area (TPSA) is 73.1 Å². The van der Waals surface area contributed by atoms with E-state index in [9.17, 15) is 0 Å². The van der Waals surface area contributed by atoms with Gasteiger partial charge in [0, 0.05) is 0 Å². The lowest BCUT2D eigenvalue weighted by Crippen LogP contribution is -2.12. The molecule has 0 radical (unpaired) electrons. The molecule has 1 aromatic heterocycles. The minimum Gasteiger partial charge on any atom is -0.437 e. The molecule has 0 fully saturated rings. The molecule has 2 aromatic rings. The van der Waals surface area contributed by atoms with E-state index < -0.39 is 0 Å². The lowest BCUT2D eigenvalue weighted by atomic mass is 10.2. The Bertz CT molecular complexity index is 592. The fourth-order valence-corrected chi connectivity index (χ4v) is 1.92. The molecule has 0 bridgehead atoms. The number of hydrazine groups is 1. The predicted molar refractivity (Wildman–Crippen MR) is 75.8 cm³/mol. The van der Waals surface area contributed by atoms with Crippen molar-refractivity contribution in [3.05, 3.63) is 40.1 Å². The lowest BCUT2D eigenvalue weighted by molar-refractivity contribution is 0.456. The van der Waals surface area contributed by atoms with Crippen LogP contribution < -0.4 is 16.0 Å². The standard InChI is InChI=1S/C12H12Cl2N4O/c1-2-7-11(18-15)16-6-17-12(7)19-9-5-3-4-8(13)10(9)14/h3-6H,2,15H2,1H3,(H,16,17,18). The molecule has 5 nitrogen and oxygen atoms in total. The number of benzene rings is 1. The molecule has 0 aliphatic heterocycles. The van der Waals surface area contributed by atoms with Gasteiger partial charge in [0.15, 0.2) is 0 Å². The number of aromatic nitrogens is 2. The molecule has 0 aliphatic carbocycles. The molecular weight excluding hydrogens is 287 g/mol. The summed E-state index contributed by atoms with van der Waals surface area (Å²) in [5.41, 5.74) is 3.27. The number of rotatable bonds is 4. The number of nitrogens with one attached hydrogen (secondary N) is 1. The van der Waals surface area contributed by atoms with Gasteiger partial charge in [-0.1, -0.05) is 36.2 Å². The molecule has 0 aliphatic rings. The van der Waals surface area contributed by atoms with E-state index in [1.165, 1.54) is 6.33 Å². The Morgan fingerprint density at radius 3 is 2.79 bits per heavy atom. The van der Waals surface area contributed by atoms with Crippen molar-refractivity contribution in [1.82, 2.24) is 9.97 Å². The van der Waals surface area contributed by atoms with E-state index >= 15 is 0 Å². The third-order valence-electron chi connectivity index (χ3n) is 2.52. The lowest BCUT2D eigenvalue weighted by Gasteiger charge is -2.12. The van der Waals surface area contributed by atoms with Crippen molar-refractivity contribution in [1.29, 1.82) is 0 Å². The van der Waals surface area contributed by atoms with Crippen LogP contribution in [0.4, 0.5) is 5.82 Å². The Balaban J connectivity index is 2.41. The molecule has 0 spiro atoms. The zero-order valence-corrected chi connectivity index (χ0v) is 11.7. The highest BCUT2D eigenvalue weighted by Crippen LogP contribution is 2.35. The summed E-state index contributed by atoms with van der Waals surface area (Å²) in [5, 5.41) is 0.760. The van der Waals surface area contributed by atoms with Crippen LogP contribution in [0.25, 0.3) is 0 Å². The van der Waals surface area contributed by atoms with Crippen molar-refractivity contribution in [2.75, 3.05) is 5.43 Å². The molecule has 0 atom stereocenters. The highest BCUT2D eigenvalue weighted by atomic mass is 35.5. The van der Waals surface area contributed by atoms with Gasteiger partial charge in [0.25, 0.3) is 0 Å². The molecule has 0 saturated carbocycles. The van der Waals surface area contributed by atoms with Crippen LogP contribution in [0.2, 0.25) is 10.0 Å². The molecular formula is C12H12Cl2N4O. The zero-order valence-electron chi connectivity index (χ0n) is 10.2. The third-order valence-corrected chi connectivity index (χ3v) is 3.32. The van der Waals surface area contributed by atoms with Gasteiger partial charge in [0.05, 0.1) is 10.6 Å². The number of anilines is 1. The van der Waals surface area contributed by atoms with Crippen LogP contribution in [0.3, 0.4) is 0 Å². The number of nitrogens with zero attached hydrogens (tertiary/aromatic N) is 2. The second-order valence-electron chi connectivity index (χ2n) is 3.66. The van der Waals surface area contributed by atoms with Crippen LogP contribution in [0.5, 0.6) is 11.6 Å². The van der Waals surface area contributed by atoms with Crippen molar-refractivity contribution in [3.8, 4) is 11.6 Å². The number of hydrogen-bond acceptors (Lipinski definition) is 5. The fraction of sp³-hybridized carbons (Fsp3) is 0.167. The van der Waals surface area contributed by atoms with Gasteiger partial charge in [0.1, 0.15) is 22.9 Å². The van der Waals surface area contributed by atoms with Crippen molar-refractivity contribution >= 4 is 29.0 Å². The summed E-state index contributed by atoms with van der Waals surface area (Å²) in [7, 11) is 0. The number of halogens is 2. The van der Waals surface area contributed by atoms with Gasteiger partial charge in [-0.3, -0.25) is 0 Å². The number of hydrogen-bond donors (Lipinski definition) is 2. The smallest absolute Gasteiger partial charge is 0.227 e. The van der Waals surface area contributed by atoms with E-state index in [4.69, 9.17) is 33.8 Å². The Labute approximate surface area is 120 Å². The Hall–Kier alpha value is -1.56. The molecule has 0 amide bonds. The first-order valence-electron chi connectivity index (χ1n) is 5.59. The maximum Gasteiger partial charge on any atom is 0.227 e. The second kappa shape index (κ2) is 6.06. The largest absolute Gasteiger partial charge is 0.437 e. The van der Waals surface area contributed by atoms with E-state index in [1.54, 1.807) is 18.2 Å². The van der Waals surface area contributed by atoms with Crippen LogP contribution in [0.15, 0.2) is 24.5 Å². The van der Waals surface area contributed by atoms with Crippen LogP contribution in [0.1, 0.15) is 12.5 Å². The average molecular weight is 299 g/mol. The summed E-state index contributed by atoms with van der Waals surface area (Å²) in [6.07, 6.45) is 2.02. The first kappa shape index (κ1) is 13.9. The van der Waals surface area contributed by atoms with Crippen molar-refractivity contribution in [2.45, 2.75) is 13.3 Å². The summed E-state index contributed by atoms with van der Waals surface area (Å²) >= 11 is 12.0. The van der Waals surface area contributed by atoms with Gasteiger partial charge in [0.2, 0.25) is 5.88 Å². The Morgan fingerprint density at radius 2 is 2.11 bits per heavy atom. The summed E-state index contributed by atoms with van der Waals surface area (Å²) in [4.78, 5) is 8.12. The van der Waals surface area contributed by atoms with Gasteiger partial charge >= 0.3 is 0 Å². The van der Waals surface area contributed by atoms with Crippen molar-refractivity contribution in [2.24, 2.45) is 5.84 Å². The predicted octanol–water partition coefficient (Wildman–Crippen LogP) is 3.42. The highest BCUT2D eigenvalue weighted by Gasteiger charge is 2.13. The maximum absolute atomic E-state index is 6.07. The molecule has 19 heavy (non-hydrogen) atoms. The van der Waals surface area contributed by atoms with Gasteiger partial charge in [-0.15, -0.1) is 0 Å². The quantitative estimate of drug-likeness (QED) is 0.668. The van der Waals surface area contributed by atoms with E-state index in [-0.39, 0.29) is 0 Å². The van der Waals surface area contributed by atoms with E-state index in [0.717, 1.165) is 5.56 Å². The maximum atomic E-state index is 6.07. The van der Waals surface area contributed by atoms with E-state index in [1.807, 2.05) is 6.92 Å². The number of nitrogens with two attached hydrogens (primary N) is 1. The molecule has 1 aromatic carbocycles. The molecule has 0 unspecified atom stereocenters. The molecule has 100 valence electrons. The van der Waals surface area contributed by atoms with Crippen LogP contribution in [-0.2, 0) is 6.42 Å². The first-order valence-corrected chi connectivity index (χ1v) is 6.35. The fourth-order valence-electron chi connectivity index (χ4n) is 1.59.